The third kappa shape index (κ3) is 5.27. The number of rotatable bonds is 7. The van der Waals surface area contributed by atoms with E-state index in [0.717, 1.165) is 4.31 Å². The van der Waals surface area contributed by atoms with Gasteiger partial charge in [0.25, 0.3) is 0 Å². The number of sulfonamides is 2. The second kappa shape index (κ2) is 10.0. The number of anilines is 1. The van der Waals surface area contributed by atoms with Crippen molar-refractivity contribution in [1.82, 2.24) is 8.61 Å². The van der Waals surface area contributed by atoms with Gasteiger partial charge in [0, 0.05) is 32.9 Å². The molecule has 1 heterocycles. The highest BCUT2D eigenvalue weighted by Crippen LogP contribution is 2.29. The molecule has 186 valence electrons. The maximum Gasteiger partial charge on any atom is 0.243 e. The van der Waals surface area contributed by atoms with Gasteiger partial charge in [-0.05, 0) is 68.1 Å². The van der Waals surface area contributed by atoms with E-state index in [1.807, 2.05) is 0 Å². The molecule has 0 bridgehead atoms. The molecule has 1 atom stereocenters. The molecule has 2 aromatic carbocycles. The summed E-state index contributed by atoms with van der Waals surface area (Å²) in [6.07, 6.45) is 1.08. The molecule has 0 spiro atoms. The zero-order valence-electron chi connectivity index (χ0n) is 20.0. The van der Waals surface area contributed by atoms with Crippen molar-refractivity contribution in [3.63, 3.8) is 0 Å². The topological polar surface area (TPSA) is 113 Å². The van der Waals surface area contributed by atoms with E-state index < -0.39 is 26.0 Å². The van der Waals surface area contributed by atoms with Gasteiger partial charge in [-0.1, -0.05) is 6.07 Å². The molecule has 1 amide bonds. The number of ether oxygens (including phenoxy) is 1. The average Bonchev–Trinajstić information content (AvgIpc) is 2.80. The van der Waals surface area contributed by atoms with E-state index in [9.17, 15) is 21.6 Å². The van der Waals surface area contributed by atoms with E-state index in [1.54, 1.807) is 32.0 Å². The maximum atomic E-state index is 13.2. The first-order valence-corrected chi connectivity index (χ1v) is 13.7. The molecule has 9 nitrogen and oxygen atoms in total. The molecule has 1 unspecified atom stereocenters. The van der Waals surface area contributed by atoms with Gasteiger partial charge in [0.1, 0.15) is 5.75 Å². The van der Waals surface area contributed by atoms with Crippen LogP contribution in [-0.4, -0.2) is 65.6 Å². The molecule has 0 aliphatic carbocycles. The second-order valence-electron chi connectivity index (χ2n) is 8.59. The highest BCUT2D eigenvalue weighted by molar-refractivity contribution is 7.89. The lowest BCUT2D eigenvalue weighted by molar-refractivity contribution is -0.120. The van der Waals surface area contributed by atoms with Gasteiger partial charge in [0.2, 0.25) is 26.0 Å². The number of piperidine rings is 1. The van der Waals surface area contributed by atoms with Gasteiger partial charge in [0.05, 0.1) is 22.8 Å². The van der Waals surface area contributed by atoms with Gasteiger partial charge in [-0.2, -0.15) is 4.31 Å². The maximum absolute atomic E-state index is 13.2. The van der Waals surface area contributed by atoms with Crippen molar-refractivity contribution in [3.8, 4) is 5.75 Å². The Hall–Kier alpha value is -2.47. The predicted molar refractivity (Wildman–Crippen MR) is 130 cm³/mol. The fourth-order valence-electron chi connectivity index (χ4n) is 3.88. The molecule has 0 saturated carbocycles. The zero-order chi connectivity index (χ0) is 25.3. The van der Waals surface area contributed by atoms with Crippen LogP contribution in [0.4, 0.5) is 5.69 Å². The summed E-state index contributed by atoms with van der Waals surface area (Å²) in [5.74, 6) is -0.298. The Labute approximate surface area is 201 Å². The van der Waals surface area contributed by atoms with Gasteiger partial charge < -0.3 is 10.1 Å². The Kier molecular flexibility index (Phi) is 7.71. The Morgan fingerprint density at radius 2 is 1.71 bits per heavy atom. The van der Waals surface area contributed by atoms with Crippen molar-refractivity contribution < 1.29 is 26.4 Å². The summed E-state index contributed by atoms with van der Waals surface area (Å²) in [4.78, 5) is 13.3. The number of hydrogen-bond acceptors (Lipinski definition) is 6. The van der Waals surface area contributed by atoms with E-state index in [4.69, 9.17) is 4.74 Å². The van der Waals surface area contributed by atoms with Gasteiger partial charge in [0.15, 0.2) is 0 Å². The van der Waals surface area contributed by atoms with E-state index in [0.29, 0.717) is 42.0 Å². The van der Waals surface area contributed by atoms with Crippen LogP contribution in [-0.2, 0) is 24.8 Å². The van der Waals surface area contributed by atoms with Gasteiger partial charge in [-0.3, -0.25) is 4.79 Å². The summed E-state index contributed by atoms with van der Waals surface area (Å²) in [6, 6.07) is 9.25. The molecular formula is C23H31N3O6S2. The third-order valence-electron chi connectivity index (χ3n) is 6.00. The summed E-state index contributed by atoms with van der Waals surface area (Å²) in [7, 11) is -3.03. The standard InChI is InChI=1S/C23H31N3O6S2/c1-16-8-9-20(33(28,29)25(3)4)14-21(16)24-23(27)18-7-6-12-26(15-18)34(30,31)19-10-11-22(32-5)17(2)13-19/h8-11,13-14,18H,6-7,12,15H2,1-5H3,(H,24,27). The van der Waals surface area contributed by atoms with Crippen LogP contribution in [0.3, 0.4) is 0 Å². The van der Waals surface area contributed by atoms with Crippen LogP contribution in [0.15, 0.2) is 46.2 Å². The van der Waals surface area contributed by atoms with Gasteiger partial charge in [-0.25, -0.2) is 21.1 Å². The monoisotopic (exact) mass is 509 g/mol. The summed E-state index contributed by atoms with van der Waals surface area (Å²) in [6.45, 7) is 3.92. The molecule has 3 rings (SSSR count). The largest absolute Gasteiger partial charge is 0.496 e. The predicted octanol–water partition coefficient (Wildman–Crippen LogP) is 2.60. The van der Waals surface area contributed by atoms with Crippen LogP contribution in [0.5, 0.6) is 5.75 Å². The number of amides is 1. The lowest BCUT2D eigenvalue weighted by Crippen LogP contribution is -2.43. The Balaban J connectivity index is 1.79. The van der Waals surface area contributed by atoms with Crippen LogP contribution in [0, 0.1) is 19.8 Å². The minimum absolute atomic E-state index is 0.0496. The normalized spacial score (nSPS) is 17.5. The number of hydrogen-bond donors (Lipinski definition) is 1. The molecule has 0 aromatic heterocycles. The molecule has 0 radical (unpaired) electrons. The van der Waals surface area contributed by atoms with Crippen molar-refractivity contribution in [1.29, 1.82) is 0 Å². The minimum Gasteiger partial charge on any atom is -0.496 e. The molecular weight excluding hydrogens is 478 g/mol. The number of aryl methyl sites for hydroxylation is 2. The number of methoxy groups -OCH3 is 1. The first-order valence-electron chi connectivity index (χ1n) is 10.9. The SMILES string of the molecule is COc1ccc(S(=O)(=O)N2CCCC(C(=O)Nc3cc(S(=O)(=O)N(C)C)ccc3C)C2)cc1C. The summed E-state index contributed by atoms with van der Waals surface area (Å²) < 4.78 is 59.0. The lowest BCUT2D eigenvalue weighted by Gasteiger charge is -2.31. The van der Waals surface area contributed by atoms with Crippen molar-refractivity contribution in [2.45, 2.75) is 36.5 Å². The zero-order valence-corrected chi connectivity index (χ0v) is 21.7. The van der Waals surface area contributed by atoms with Crippen LogP contribution >= 0.6 is 0 Å². The van der Waals surface area contributed by atoms with Crippen molar-refractivity contribution in [2.75, 3.05) is 39.6 Å². The van der Waals surface area contributed by atoms with Gasteiger partial charge >= 0.3 is 0 Å². The van der Waals surface area contributed by atoms with E-state index in [1.165, 1.54) is 43.7 Å². The molecule has 2 aromatic rings. The molecule has 1 saturated heterocycles. The quantitative estimate of drug-likeness (QED) is 0.614. The fourth-order valence-corrected chi connectivity index (χ4v) is 6.41. The highest BCUT2D eigenvalue weighted by atomic mass is 32.2. The summed E-state index contributed by atoms with van der Waals surface area (Å²) in [5, 5.41) is 2.81. The molecule has 1 N–H and O–H groups in total. The van der Waals surface area contributed by atoms with Crippen molar-refractivity contribution in [3.05, 3.63) is 47.5 Å². The minimum atomic E-state index is -3.78. The van der Waals surface area contributed by atoms with E-state index in [-0.39, 0.29) is 22.2 Å². The molecule has 34 heavy (non-hydrogen) atoms. The van der Waals surface area contributed by atoms with E-state index >= 15 is 0 Å². The van der Waals surface area contributed by atoms with Crippen molar-refractivity contribution >= 4 is 31.6 Å². The highest BCUT2D eigenvalue weighted by Gasteiger charge is 2.34. The molecule has 11 heteroatoms. The first-order chi connectivity index (χ1) is 15.9. The Morgan fingerprint density at radius 3 is 2.32 bits per heavy atom. The lowest BCUT2D eigenvalue weighted by atomic mass is 9.98. The van der Waals surface area contributed by atoms with E-state index in [2.05, 4.69) is 5.32 Å². The number of carbonyl (C=O) groups is 1. The van der Waals surface area contributed by atoms with Crippen LogP contribution < -0.4 is 10.1 Å². The number of nitrogens with zero attached hydrogens (tertiary/aromatic N) is 2. The Morgan fingerprint density at radius 1 is 1.03 bits per heavy atom. The van der Waals surface area contributed by atoms with Crippen LogP contribution in [0.25, 0.3) is 0 Å². The number of carbonyl (C=O) groups excluding carboxylic acids is 1. The van der Waals surface area contributed by atoms with Crippen LogP contribution in [0.2, 0.25) is 0 Å². The average molecular weight is 510 g/mol. The summed E-state index contributed by atoms with van der Waals surface area (Å²) in [5.41, 5.74) is 1.80. The smallest absolute Gasteiger partial charge is 0.243 e. The Bertz CT molecular complexity index is 1290. The third-order valence-corrected chi connectivity index (χ3v) is 9.68. The molecule has 1 aliphatic rings. The summed E-state index contributed by atoms with van der Waals surface area (Å²) >= 11 is 0. The first kappa shape index (κ1) is 26.1. The van der Waals surface area contributed by atoms with Gasteiger partial charge in [-0.15, -0.1) is 0 Å². The molecule has 1 aliphatic heterocycles. The van der Waals surface area contributed by atoms with Crippen molar-refractivity contribution in [2.24, 2.45) is 5.92 Å². The number of nitrogens with one attached hydrogen (secondary N) is 1. The molecule has 1 fully saturated rings. The second-order valence-corrected chi connectivity index (χ2v) is 12.7. The van der Waals surface area contributed by atoms with Crippen LogP contribution in [0.1, 0.15) is 24.0 Å². The fraction of sp³-hybridized carbons (Fsp3) is 0.435. The number of benzene rings is 2.